The largest absolute Gasteiger partial charge is 0.319 e. The zero-order valence-electron chi connectivity index (χ0n) is 17.2. The predicted octanol–water partition coefficient (Wildman–Crippen LogP) is 5.37. The molecular weight excluding hydrogens is 430 g/mol. The second kappa shape index (κ2) is 8.60. The molecule has 4 rings (SSSR count). The highest BCUT2D eigenvalue weighted by atomic mass is 35.5. The summed E-state index contributed by atoms with van der Waals surface area (Å²) in [7, 11) is 0. The molecule has 0 saturated heterocycles. The number of nitrogens with one attached hydrogen (secondary N) is 1. The number of non-ortho nitro benzene ring substituents is 1. The van der Waals surface area contributed by atoms with Crippen molar-refractivity contribution in [1.29, 1.82) is 0 Å². The molecule has 1 N–H and O–H groups in total. The molecule has 32 heavy (non-hydrogen) atoms. The van der Waals surface area contributed by atoms with Gasteiger partial charge in [0.15, 0.2) is 5.82 Å². The van der Waals surface area contributed by atoms with Crippen molar-refractivity contribution < 1.29 is 9.72 Å². The van der Waals surface area contributed by atoms with Crippen LogP contribution in [-0.2, 0) is 0 Å². The first-order chi connectivity index (χ1) is 15.3. The summed E-state index contributed by atoms with van der Waals surface area (Å²) in [4.78, 5) is 27.8. The number of nitrogens with zero attached hydrogens (tertiary/aromatic N) is 4. The number of carbonyl (C=O) groups excluding carboxylic acids is 1. The van der Waals surface area contributed by atoms with E-state index in [4.69, 9.17) is 11.6 Å². The molecule has 0 atom stereocenters. The summed E-state index contributed by atoms with van der Waals surface area (Å²) in [6.07, 6.45) is 0. The molecule has 0 radical (unpaired) electrons. The van der Waals surface area contributed by atoms with Gasteiger partial charge in [-0.2, -0.15) is 0 Å². The van der Waals surface area contributed by atoms with Gasteiger partial charge in [0.25, 0.3) is 11.6 Å². The lowest BCUT2D eigenvalue weighted by molar-refractivity contribution is -0.384. The molecule has 4 aromatic rings. The second-order valence-electron chi connectivity index (χ2n) is 7.23. The fourth-order valence-electron chi connectivity index (χ4n) is 3.16. The van der Waals surface area contributed by atoms with E-state index in [1.165, 1.54) is 18.2 Å². The number of benzene rings is 3. The lowest BCUT2D eigenvalue weighted by atomic mass is 10.1. The minimum Gasteiger partial charge on any atom is -0.319 e. The van der Waals surface area contributed by atoms with Gasteiger partial charge < -0.3 is 5.32 Å². The summed E-state index contributed by atoms with van der Waals surface area (Å²) in [6, 6.07) is 18.8. The Hall–Kier alpha value is -4.04. The van der Waals surface area contributed by atoms with Gasteiger partial charge in [0, 0.05) is 28.4 Å². The van der Waals surface area contributed by atoms with Crippen LogP contribution in [-0.4, -0.2) is 25.6 Å². The molecule has 0 aliphatic heterocycles. The van der Waals surface area contributed by atoms with Gasteiger partial charge in [-0.3, -0.25) is 14.9 Å². The highest BCUT2D eigenvalue weighted by Gasteiger charge is 2.20. The Balaban J connectivity index is 1.77. The number of halogens is 1. The van der Waals surface area contributed by atoms with Crippen LogP contribution in [0.5, 0.6) is 0 Å². The van der Waals surface area contributed by atoms with E-state index in [0.717, 1.165) is 16.7 Å². The molecule has 0 aliphatic rings. The van der Waals surface area contributed by atoms with E-state index in [-0.39, 0.29) is 17.2 Å². The number of anilines is 1. The number of rotatable bonds is 5. The topological polar surface area (TPSA) is 103 Å². The SMILES string of the molecule is Cc1ccc(-c2nc(C(=O)Nc3cccc([N+](=O)[O-])c3)nn2-c2cc(Cl)ccc2C)cc1. The van der Waals surface area contributed by atoms with Crippen LogP contribution in [0.3, 0.4) is 0 Å². The molecule has 8 nitrogen and oxygen atoms in total. The number of carbonyl (C=O) groups is 1. The fourth-order valence-corrected chi connectivity index (χ4v) is 3.33. The van der Waals surface area contributed by atoms with Crippen molar-refractivity contribution in [3.8, 4) is 17.1 Å². The van der Waals surface area contributed by atoms with Crippen LogP contribution in [0, 0.1) is 24.0 Å². The number of nitro groups is 1. The predicted molar refractivity (Wildman–Crippen MR) is 122 cm³/mol. The Labute approximate surface area is 188 Å². The van der Waals surface area contributed by atoms with Crippen LogP contribution < -0.4 is 5.32 Å². The lowest BCUT2D eigenvalue weighted by Gasteiger charge is -2.09. The maximum absolute atomic E-state index is 12.9. The van der Waals surface area contributed by atoms with Crippen LogP contribution in [0.4, 0.5) is 11.4 Å². The monoisotopic (exact) mass is 447 g/mol. The van der Waals surface area contributed by atoms with Crippen molar-refractivity contribution in [1.82, 2.24) is 14.8 Å². The number of aryl methyl sites for hydroxylation is 2. The van der Waals surface area contributed by atoms with Crippen molar-refractivity contribution in [3.63, 3.8) is 0 Å². The number of nitro benzene ring substituents is 1. The van der Waals surface area contributed by atoms with Gasteiger partial charge in [0.05, 0.1) is 10.6 Å². The van der Waals surface area contributed by atoms with Gasteiger partial charge in [0.2, 0.25) is 5.82 Å². The number of hydrogen-bond acceptors (Lipinski definition) is 5. The number of hydrogen-bond donors (Lipinski definition) is 1. The third-order valence-electron chi connectivity index (χ3n) is 4.83. The number of aromatic nitrogens is 3. The smallest absolute Gasteiger partial charge is 0.295 e. The average Bonchev–Trinajstić information content (AvgIpc) is 3.21. The first-order valence-corrected chi connectivity index (χ1v) is 10.1. The van der Waals surface area contributed by atoms with E-state index < -0.39 is 10.8 Å². The molecule has 0 fully saturated rings. The molecule has 0 spiro atoms. The summed E-state index contributed by atoms with van der Waals surface area (Å²) in [5.41, 5.74) is 3.60. The Morgan fingerprint density at radius 2 is 1.81 bits per heavy atom. The van der Waals surface area contributed by atoms with E-state index >= 15 is 0 Å². The van der Waals surface area contributed by atoms with Crippen molar-refractivity contribution in [3.05, 3.63) is 98.8 Å². The first-order valence-electron chi connectivity index (χ1n) is 9.68. The molecule has 1 amide bonds. The van der Waals surface area contributed by atoms with E-state index in [1.54, 1.807) is 22.9 Å². The molecule has 1 aromatic heterocycles. The Morgan fingerprint density at radius 1 is 1.06 bits per heavy atom. The van der Waals surface area contributed by atoms with Crippen molar-refractivity contribution in [2.24, 2.45) is 0 Å². The molecule has 0 bridgehead atoms. The van der Waals surface area contributed by atoms with Gasteiger partial charge >= 0.3 is 0 Å². The summed E-state index contributed by atoms with van der Waals surface area (Å²) in [5, 5.41) is 18.6. The summed E-state index contributed by atoms with van der Waals surface area (Å²) >= 11 is 6.21. The average molecular weight is 448 g/mol. The van der Waals surface area contributed by atoms with Crippen molar-refractivity contribution in [2.75, 3.05) is 5.32 Å². The van der Waals surface area contributed by atoms with E-state index in [0.29, 0.717) is 16.5 Å². The molecule has 0 unspecified atom stereocenters. The highest BCUT2D eigenvalue weighted by Crippen LogP contribution is 2.26. The molecule has 0 saturated carbocycles. The third-order valence-corrected chi connectivity index (χ3v) is 5.07. The molecule has 1 heterocycles. The summed E-state index contributed by atoms with van der Waals surface area (Å²) in [6.45, 7) is 3.89. The molecule has 0 aliphatic carbocycles. The van der Waals surface area contributed by atoms with Crippen LogP contribution in [0.1, 0.15) is 21.7 Å². The van der Waals surface area contributed by atoms with E-state index in [2.05, 4.69) is 15.4 Å². The Bertz CT molecular complexity index is 1330. The minimum absolute atomic E-state index is 0.0774. The van der Waals surface area contributed by atoms with Gasteiger partial charge in [-0.05, 0) is 37.6 Å². The van der Waals surface area contributed by atoms with Gasteiger partial charge in [-0.15, -0.1) is 5.10 Å². The van der Waals surface area contributed by atoms with Crippen LogP contribution in [0.2, 0.25) is 5.02 Å². The Kier molecular flexibility index (Phi) is 5.70. The standard InChI is InChI=1S/C23H18ClN5O3/c1-14-6-9-16(10-7-14)22-26-21(27-28(22)20-12-17(24)11-8-15(20)2)23(30)25-18-4-3-5-19(13-18)29(31)32/h3-13H,1-2H3,(H,25,30). The molecule has 160 valence electrons. The minimum atomic E-state index is -0.586. The highest BCUT2D eigenvalue weighted by molar-refractivity contribution is 6.30. The summed E-state index contributed by atoms with van der Waals surface area (Å²) in [5.74, 6) is -0.191. The Morgan fingerprint density at radius 3 is 2.53 bits per heavy atom. The molecule has 3 aromatic carbocycles. The third kappa shape index (κ3) is 4.35. The van der Waals surface area contributed by atoms with Crippen molar-refractivity contribution in [2.45, 2.75) is 13.8 Å². The zero-order chi connectivity index (χ0) is 22.8. The molecular formula is C23H18ClN5O3. The van der Waals surface area contributed by atoms with Crippen LogP contribution >= 0.6 is 11.6 Å². The quantitative estimate of drug-likeness (QED) is 0.327. The lowest BCUT2D eigenvalue weighted by Crippen LogP contribution is -2.14. The van der Waals surface area contributed by atoms with Crippen LogP contribution in [0.15, 0.2) is 66.7 Å². The normalized spacial score (nSPS) is 10.7. The first kappa shape index (κ1) is 21.2. The van der Waals surface area contributed by atoms with Crippen LogP contribution in [0.25, 0.3) is 17.1 Å². The van der Waals surface area contributed by atoms with E-state index in [9.17, 15) is 14.9 Å². The molecule has 9 heteroatoms. The maximum atomic E-state index is 12.9. The van der Waals surface area contributed by atoms with Crippen molar-refractivity contribution >= 4 is 28.9 Å². The summed E-state index contributed by atoms with van der Waals surface area (Å²) < 4.78 is 1.58. The van der Waals surface area contributed by atoms with E-state index in [1.807, 2.05) is 44.2 Å². The maximum Gasteiger partial charge on any atom is 0.295 e. The van der Waals surface area contributed by atoms with Gasteiger partial charge in [0.1, 0.15) is 0 Å². The second-order valence-corrected chi connectivity index (χ2v) is 7.67. The fraction of sp³-hybridized carbons (Fsp3) is 0.0870. The van der Waals surface area contributed by atoms with Gasteiger partial charge in [-0.25, -0.2) is 9.67 Å². The van der Waals surface area contributed by atoms with Gasteiger partial charge in [-0.1, -0.05) is 53.6 Å². The number of amides is 1. The zero-order valence-corrected chi connectivity index (χ0v) is 18.0.